The predicted molar refractivity (Wildman–Crippen MR) is 112 cm³/mol. The molecule has 31 heavy (non-hydrogen) atoms. The second-order valence-corrected chi connectivity index (χ2v) is 6.89. The van der Waals surface area contributed by atoms with Crippen LogP contribution in [0.25, 0.3) is 5.69 Å². The van der Waals surface area contributed by atoms with Crippen molar-refractivity contribution in [2.24, 2.45) is 5.73 Å². The number of nitrogens with one attached hydrogen (secondary N) is 1. The van der Waals surface area contributed by atoms with E-state index in [1.807, 2.05) is 13.8 Å². The molecule has 8 nitrogen and oxygen atoms in total. The molecule has 2 aromatic carbocycles. The van der Waals surface area contributed by atoms with Gasteiger partial charge in [0.1, 0.15) is 5.82 Å². The molecule has 0 aliphatic heterocycles. The van der Waals surface area contributed by atoms with Crippen molar-refractivity contribution in [1.29, 1.82) is 0 Å². The number of hydrogen-bond acceptors (Lipinski definition) is 5. The molecule has 2 amide bonds. The Bertz CT molecular complexity index is 1100. The first-order chi connectivity index (χ1) is 14.8. The molecule has 3 N–H and O–H groups in total. The number of ether oxygens (including phenoxy) is 2. The lowest BCUT2D eigenvalue weighted by Crippen LogP contribution is -2.27. The van der Waals surface area contributed by atoms with Crippen molar-refractivity contribution in [3.8, 4) is 17.2 Å². The number of primary amides is 1. The van der Waals surface area contributed by atoms with Crippen LogP contribution < -0.4 is 20.5 Å². The second-order valence-electron chi connectivity index (χ2n) is 6.89. The normalized spacial score (nSPS) is 11.6. The summed E-state index contributed by atoms with van der Waals surface area (Å²) < 4.78 is 25.4. The van der Waals surface area contributed by atoms with E-state index < -0.39 is 5.91 Å². The average molecular weight is 426 g/mol. The monoisotopic (exact) mass is 426 g/mol. The van der Waals surface area contributed by atoms with E-state index >= 15 is 0 Å². The number of hydrogen-bond donors (Lipinski definition) is 2. The molecule has 0 fully saturated rings. The van der Waals surface area contributed by atoms with E-state index in [4.69, 9.17) is 15.2 Å². The van der Waals surface area contributed by atoms with Gasteiger partial charge >= 0.3 is 0 Å². The van der Waals surface area contributed by atoms with Crippen LogP contribution in [0, 0.1) is 12.7 Å². The maximum atomic E-state index is 13.2. The zero-order valence-electron chi connectivity index (χ0n) is 17.4. The second kappa shape index (κ2) is 9.29. The van der Waals surface area contributed by atoms with Crippen molar-refractivity contribution >= 4 is 11.8 Å². The van der Waals surface area contributed by atoms with Gasteiger partial charge in [-0.3, -0.25) is 9.59 Å². The van der Waals surface area contributed by atoms with Gasteiger partial charge in [0.05, 0.1) is 25.0 Å². The Balaban J connectivity index is 1.75. The highest BCUT2D eigenvalue weighted by Crippen LogP contribution is 2.28. The van der Waals surface area contributed by atoms with E-state index in [1.54, 1.807) is 35.1 Å². The van der Waals surface area contributed by atoms with E-state index in [2.05, 4.69) is 10.4 Å². The van der Waals surface area contributed by atoms with Gasteiger partial charge in [0.15, 0.2) is 18.1 Å². The molecule has 3 aromatic rings. The number of benzene rings is 2. The Kier molecular flexibility index (Phi) is 6.54. The molecule has 0 bridgehead atoms. The summed E-state index contributed by atoms with van der Waals surface area (Å²) in [6.45, 7) is 3.43. The van der Waals surface area contributed by atoms with E-state index in [0.717, 1.165) is 16.9 Å². The predicted octanol–water partition coefficient (Wildman–Crippen LogP) is 2.68. The summed E-state index contributed by atoms with van der Waals surface area (Å²) in [7, 11) is 1.43. The standard InChI is InChI=1S/C22H23FN4O4/c1-13(18-11-25-27(14(18)2)17-7-5-16(23)6-8-17)26-22(29)15-4-9-19(20(10-15)30-3)31-12-21(24)28/h4-11,13H,12H2,1-3H3,(H2,24,28)(H,26,29). The Morgan fingerprint density at radius 3 is 2.55 bits per heavy atom. The van der Waals surface area contributed by atoms with Crippen LogP contribution in [-0.2, 0) is 4.79 Å². The number of rotatable bonds is 8. The minimum absolute atomic E-state index is 0.295. The summed E-state index contributed by atoms with van der Waals surface area (Å²) in [6, 6.07) is 10.3. The Morgan fingerprint density at radius 2 is 1.90 bits per heavy atom. The molecule has 3 rings (SSSR count). The molecule has 0 saturated carbocycles. The average Bonchev–Trinajstić information content (AvgIpc) is 3.14. The Hall–Kier alpha value is -3.88. The lowest BCUT2D eigenvalue weighted by atomic mass is 10.1. The maximum Gasteiger partial charge on any atom is 0.255 e. The van der Waals surface area contributed by atoms with Crippen LogP contribution >= 0.6 is 0 Å². The van der Waals surface area contributed by atoms with Crippen molar-refractivity contribution in [2.75, 3.05) is 13.7 Å². The van der Waals surface area contributed by atoms with Crippen LogP contribution in [0.3, 0.4) is 0 Å². The van der Waals surface area contributed by atoms with Gasteiger partial charge in [-0.2, -0.15) is 5.10 Å². The molecule has 1 aromatic heterocycles. The van der Waals surface area contributed by atoms with Crippen molar-refractivity contribution in [3.05, 3.63) is 71.3 Å². The molecule has 0 aliphatic carbocycles. The number of nitrogens with zero attached hydrogens (tertiary/aromatic N) is 2. The minimum Gasteiger partial charge on any atom is -0.493 e. The SMILES string of the molecule is COc1cc(C(=O)NC(C)c2cnn(-c3ccc(F)cc3)c2C)ccc1OCC(N)=O. The van der Waals surface area contributed by atoms with Gasteiger partial charge in [-0.15, -0.1) is 0 Å². The van der Waals surface area contributed by atoms with Crippen LogP contribution in [0.1, 0.15) is 34.6 Å². The van der Waals surface area contributed by atoms with Crippen molar-refractivity contribution in [2.45, 2.75) is 19.9 Å². The highest BCUT2D eigenvalue weighted by molar-refractivity contribution is 5.95. The summed E-state index contributed by atoms with van der Waals surface area (Å²) in [5.74, 6) is -0.643. The molecule has 1 unspecified atom stereocenters. The van der Waals surface area contributed by atoms with E-state index in [1.165, 1.54) is 25.3 Å². The van der Waals surface area contributed by atoms with Gasteiger partial charge < -0.3 is 20.5 Å². The minimum atomic E-state index is -0.616. The summed E-state index contributed by atoms with van der Waals surface area (Å²) in [5, 5.41) is 7.28. The van der Waals surface area contributed by atoms with E-state index in [9.17, 15) is 14.0 Å². The number of carbonyl (C=O) groups excluding carboxylic acids is 2. The van der Waals surface area contributed by atoms with Gasteiger partial charge in [-0.1, -0.05) is 0 Å². The number of carbonyl (C=O) groups is 2. The molecule has 1 heterocycles. The van der Waals surface area contributed by atoms with Crippen molar-refractivity contribution in [3.63, 3.8) is 0 Å². The summed E-state index contributed by atoms with van der Waals surface area (Å²) in [6.07, 6.45) is 1.67. The van der Waals surface area contributed by atoms with E-state index in [-0.39, 0.29) is 24.4 Å². The molecule has 0 aliphatic rings. The molecule has 0 saturated heterocycles. The quantitative estimate of drug-likeness (QED) is 0.576. The van der Waals surface area contributed by atoms with Crippen molar-refractivity contribution < 1.29 is 23.5 Å². The molecular formula is C22H23FN4O4. The third-order valence-electron chi connectivity index (χ3n) is 4.73. The van der Waals surface area contributed by atoms with Gasteiger partial charge in [0.2, 0.25) is 0 Å². The summed E-state index contributed by atoms with van der Waals surface area (Å²) in [4.78, 5) is 23.7. The van der Waals surface area contributed by atoms with Crippen LogP contribution in [0.5, 0.6) is 11.5 Å². The lowest BCUT2D eigenvalue weighted by Gasteiger charge is -2.15. The van der Waals surface area contributed by atoms with Crippen LogP contribution in [-0.4, -0.2) is 35.3 Å². The van der Waals surface area contributed by atoms with Gasteiger partial charge in [-0.25, -0.2) is 9.07 Å². The molecule has 162 valence electrons. The Morgan fingerprint density at radius 1 is 1.19 bits per heavy atom. The first-order valence-electron chi connectivity index (χ1n) is 9.50. The van der Waals surface area contributed by atoms with Crippen LogP contribution in [0.4, 0.5) is 4.39 Å². The first-order valence-corrected chi connectivity index (χ1v) is 9.50. The highest BCUT2D eigenvalue weighted by atomic mass is 19.1. The number of amides is 2. The molecule has 0 spiro atoms. The third-order valence-corrected chi connectivity index (χ3v) is 4.73. The zero-order valence-corrected chi connectivity index (χ0v) is 17.4. The summed E-state index contributed by atoms with van der Waals surface area (Å²) >= 11 is 0. The largest absolute Gasteiger partial charge is 0.493 e. The number of halogens is 1. The van der Waals surface area contributed by atoms with Gasteiger partial charge in [0, 0.05) is 16.8 Å². The molecule has 1 atom stereocenters. The molecule has 9 heteroatoms. The highest BCUT2D eigenvalue weighted by Gasteiger charge is 2.18. The zero-order chi connectivity index (χ0) is 22.5. The van der Waals surface area contributed by atoms with Crippen LogP contribution in [0.15, 0.2) is 48.7 Å². The van der Waals surface area contributed by atoms with Crippen LogP contribution in [0.2, 0.25) is 0 Å². The van der Waals surface area contributed by atoms with E-state index in [0.29, 0.717) is 17.1 Å². The molecular weight excluding hydrogens is 403 g/mol. The van der Waals surface area contributed by atoms with Crippen molar-refractivity contribution in [1.82, 2.24) is 15.1 Å². The summed E-state index contributed by atoms with van der Waals surface area (Å²) in [5.41, 5.74) is 7.82. The molecule has 0 radical (unpaired) electrons. The number of aromatic nitrogens is 2. The first kappa shape index (κ1) is 21.8. The fourth-order valence-electron chi connectivity index (χ4n) is 3.12. The smallest absolute Gasteiger partial charge is 0.255 e. The topological polar surface area (TPSA) is 108 Å². The fraction of sp³-hybridized carbons (Fsp3) is 0.227. The number of nitrogens with two attached hydrogens (primary N) is 1. The lowest BCUT2D eigenvalue weighted by molar-refractivity contribution is -0.119. The fourth-order valence-corrected chi connectivity index (χ4v) is 3.12. The Labute approximate surface area is 178 Å². The third kappa shape index (κ3) is 5.00. The van der Waals surface area contributed by atoms with Gasteiger partial charge in [0.25, 0.3) is 11.8 Å². The van der Waals surface area contributed by atoms with Gasteiger partial charge in [-0.05, 0) is 56.3 Å². The number of methoxy groups -OCH3 is 1. The maximum absolute atomic E-state index is 13.2.